The van der Waals surface area contributed by atoms with Crippen LogP contribution in [0.25, 0.3) is 10.8 Å². The van der Waals surface area contributed by atoms with E-state index in [0.29, 0.717) is 18.1 Å². The van der Waals surface area contributed by atoms with Gasteiger partial charge >= 0.3 is 6.61 Å². The first kappa shape index (κ1) is 20.6. The minimum atomic E-state index is -2.82. The molecule has 28 heavy (non-hydrogen) atoms. The molecule has 150 valence electrons. The average molecular weight is 385 g/mol. The highest BCUT2D eigenvalue weighted by atomic mass is 19.3. The highest BCUT2D eigenvalue weighted by Crippen LogP contribution is 2.40. The monoisotopic (exact) mass is 384 g/mol. The number of hydrogen-bond donors (Lipinski definition) is 0. The molecular formula is C25H30F2O. The van der Waals surface area contributed by atoms with E-state index < -0.39 is 6.61 Å². The second-order valence-electron chi connectivity index (χ2n) is 7.82. The van der Waals surface area contributed by atoms with Crippen molar-refractivity contribution in [2.45, 2.75) is 63.9 Å². The van der Waals surface area contributed by atoms with Gasteiger partial charge in [0.2, 0.25) is 0 Å². The Morgan fingerprint density at radius 2 is 1.75 bits per heavy atom. The van der Waals surface area contributed by atoms with Crippen LogP contribution in [0.4, 0.5) is 8.78 Å². The summed E-state index contributed by atoms with van der Waals surface area (Å²) in [6.07, 6.45) is 12.5. The van der Waals surface area contributed by atoms with Crippen LogP contribution in [0.5, 0.6) is 5.75 Å². The Bertz CT molecular complexity index is 804. The quantitative estimate of drug-likeness (QED) is 0.401. The lowest BCUT2D eigenvalue weighted by molar-refractivity contribution is -0.0493. The topological polar surface area (TPSA) is 9.23 Å². The molecule has 0 heterocycles. The van der Waals surface area contributed by atoms with Gasteiger partial charge in [-0.15, -0.1) is 13.2 Å². The molecule has 3 heteroatoms. The fourth-order valence-electron chi connectivity index (χ4n) is 4.44. The van der Waals surface area contributed by atoms with Crippen LogP contribution in [0.15, 0.2) is 55.6 Å². The molecule has 1 aliphatic carbocycles. The van der Waals surface area contributed by atoms with Crippen LogP contribution in [0, 0.1) is 5.92 Å². The summed E-state index contributed by atoms with van der Waals surface area (Å²) in [6, 6.07) is 10.2. The van der Waals surface area contributed by atoms with E-state index in [9.17, 15) is 8.78 Å². The van der Waals surface area contributed by atoms with E-state index in [2.05, 4.69) is 25.3 Å². The van der Waals surface area contributed by atoms with Crippen LogP contribution < -0.4 is 4.74 Å². The zero-order chi connectivity index (χ0) is 19.9. The Labute approximate surface area is 167 Å². The van der Waals surface area contributed by atoms with E-state index in [1.165, 1.54) is 37.7 Å². The number of ether oxygens (including phenoxy) is 1. The molecule has 0 N–H and O–H groups in total. The van der Waals surface area contributed by atoms with E-state index in [1.807, 2.05) is 24.3 Å². The molecule has 0 aliphatic heterocycles. The largest absolute Gasteiger partial charge is 0.434 e. The van der Waals surface area contributed by atoms with E-state index >= 15 is 0 Å². The van der Waals surface area contributed by atoms with Crippen molar-refractivity contribution in [2.24, 2.45) is 5.92 Å². The fraction of sp³-hybridized carbons (Fsp3) is 0.440. The van der Waals surface area contributed by atoms with Gasteiger partial charge in [-0.25, -0.2) is 0 Å². The van der Waals surface area contributed by atoms with Crippen molar-refractivity contribution in [3.8, 4) is 5.75 Å². The fourth-order valence-corrected chi connectivity index (χ4v) is 4.44. The Kier molecular flexibility index (Phi) is 7.24. The minimum Gasteiger partial charge on any atom is -0.434 e. The molecule has 0 bridgehead atoms. The second kappa shape index (κ2) is 9.86. The molecule has 0 unspecified atom stereocenters. The second-order valence-corrected chi connectivity index (χ2v) is 7.82. The van der Waals surface area contributed by atoms with Gasteiger partial charge < -0.3 is 4.74 Å². The summed E-state index contributed by atoms with van der Waals surface area (Å²) >= 11 is 0. The van der Waals surface area contributed by atoms with Gasteiger partial charge in [-0.2, -0.15) is 8.78 Å². The molecule has 0 radical (unpaired) electrons. The van der Waals surface area contributed by atoms with E-state index in [-0.39, 0.29) is 0 Å². The van der Waals surface area contributed by atoms with Gasteiger partial charge in [0.1, 0.15) is 5.75 Å². The van der Waals surface area contributed by atoms with E-state index in [0.717, 1.165) is 35.1 Å². The zero-order valence-electron chi connectivity index (χ0n) is 16.5. The van der Waals surface area contributed by atoms with Crippen LogP contribution >= 0.6 is 0 Å². The van der Waals surface area contributed by atoms with Gasteiger partial charge in [-0.3, -0.25) is 0 Å². The highest BCUT2D eigenvalue weighted by molar-refractivity contribution is 5.90. The average Bonchev–Trinajstić information content (AvgIpc) is 2.71. The van der Waals surface area contributed by atoms with Gasteiger partial charge in [0.15, 0.2) is 0 Å². The van der Waals surface area contributed by atoms with Gasteiger partial charge in [-0.05, 0) is 79.7 Å². The number of rotatable bonds is 9. The van der Waals surface area contributed by atoms with Crippen molar-refractivity contribution in [3.05, 3.63) is 66.8 Å². The summed E-state index contributed by atoms with van der Waals surface area (Å²) in [7, 11) is 0. The lowest BCUT2D eigenvalue weighted by Crippen LogP contribution is -2.13. The summed E-state index contributed by atoms with van der Waals surface area (Å²) in [5, 5.41) is 1.74. The third kappa shape index (κ3) is 5.01. The molecule has 0 atom stereocenters. The minimum absolute atomic E-state index is 0.314. The molecule has 2 aromatic rings. The van der Waals surface area contributed by atoms with Crippen molar-refractivity contribution in [1.29, 1.82) is 0 Å². The Hall–Kier alpha value is -2.16. The van der Waals surface area contributed by atoms with Gasteiger partial charge in [-0.1, -0.05) is 42.5 Å². The maximum absolute atomic E-state index is 13.0. The summed E-state index contributed by atoms with van der Waals surface area (Å²) in [5.74, 6) is 1.69. The van der Waals surface area contributed by atoms with Gasteiger partial charge in [0.25, 0.3) is 0 Å². The molecule has 0 saturated heterocycles. The summed E-state index contributed by atoms with van der Waals surface area (Å²) in [6.45, 7) is 4.72. The van der Waals surface area contributed by atoms with Gasteiger partial charge in [0, 0.05) is 5.39 Å². The van der Waals surface area contributed by atoms with Crippen LogP contribution in [-0.4, -0.2) is 6.61 Å². The molecule has 0 spiro atoms. The van der Waals surface area contributed by atoms with Crippen molar-refractivity contribution < 1.29 is 13.5 Å². The highest BCUT2D eigenvalue weighted by Gasteiger charge is 2.22. The first-order valence-electron chi connectivity index (χ1n) is 10.3. The maximum Gasteiger partial charge on any atom is 0.387 e. The first-order valence-corrected chi connectivity index (χ1v) is 10.3. The summed E-state index contributed by atoms with van der Waals surface area (Å²) in [5.41, 5.74) is 2.12. The maximum atomic E-state index is 13.0. The molecule has 1 aliphatic rings. The summed E-state index contributed by atoms with van der Waals surface area (Å²) in [4.78, 5) is 0. The summed E-state index contributed by atoms with van der Waals surface area (Å²) < 4.78 is 30.9. The predicted octanol–water partition coefficient (Wildman–Crippen LogP) is 7.80. The number of hydrogen-bond acceptors (Lipinski definition) is 1. The molecule has 0 aromatic heterocycles. The SMILES string of the molecule is C=CCCc1ccc2cc(C3CCC(CCC=C)CC3)ccc2c1OC(F)F. The van der Waals surface area contributed by atoms with Crippen LogP contribution in [0.3, 0.4) is 0 Å². The van der Waals surface area contributed by atoms with Crippen molar-refractivity contribution in [1.82, 2.24) is 0 Å². The predicted molar refractivity (Wildman–Crippen MR) is 113 cm³/mol. The van der Waals surface area contributed by atoms with Crippen LogP contribution in [0.1, 0.15) is 62.0 Å². The van der Waals surface area contributed by atoms with Crippen molar-refractivity contribution >= 4 is 10.8 Å². The van der Waals surface area contributed by atoms with Crippen LogP contribution in [0.2, 0.25) is 0 Å². The number of fused-ring (bicyclic) bond motifs is 1. The standard InChI is InChI=1S/C25H30F2O/c1-3-5-7-18-9-11-19(12-10-18)21-15-16-23-22(17-21)14-13-20(8-6-4-2)24(23)28-25(26)27/h3-4,13-19,25H,1-2,5-12H2. The number of halogens is 2. The Balaban J connectivity index is 1.81. The number of alkyl halides is 2. The lowest BCUT2D eigenvalue weighted by Gasteiger charge is -2.29. The van der Waals surface area contributed by atoms with Crippen molar-refractivity contribution in [2.75, 3.05) is 0 Å². The molecule has 0 amide bonds. The third-order valence-corrected chi connectivity index (χ3v) is 6.00. The van der Waals surface area contributed by atoms with Crippen LogP contribution in [-0.2, 0) is 6.42 Å². The van der Waals surface area contributed by atoms with Crippen molar-refractivity contribution in [3.63, 3.8) is 0 Å². The Morgan fingerprint density at radius 3 is 2.43 bits per heavy atom. The normalized spacial score (nSPS) is 19.7. The zero-order valence-corrected chi connectivity index (χ0v) is 16.5. The molecule has 1 saturated carbocycles. The Morgan fingerprint density at radius 1 is 1.00 bits per heavy atom. The molecule has 1 fully saturated rings. The van der Waals surface area contributed by atoms with E-state index in [4.69, 9.17) is 4.74 Å². The lowest BCUT2D eigenvalue weighted by atomic mass is 9.77. The smallest absolute Gasteiger partial charge is 0.387 e. The molecular weight excluding hydrogens is 354 g/mol. The number of allylic oxidation sites excluding steroid dienone is 2. The molecule has 2 aromatic carbocycles. The number of aryl methyl sites for hydroxylation is 1. The molecule has 1 nitrogen and oxygen atoms in total. The number of benzene rings is 2. The molecule has 3 rings (SSSR count). The first-order chi connectivity index (χ1) is 13.6. The van der Waals surface area contributed by atoms with E-state index in [1.54, 1.807) is 6.08 Å². The van der Waals surface area contributed by atoms with Gasteiger partial charge in [0.05, 0.1) is 0 Å². The third-order valence-electron chi connectivity index (χ3n) is 6.00.